The number of fused-ring (bicyclic) bond motifs is 2. The van der Waals surface area contributed by atoms with E-state index in [0.717, 1.165) is 23.3 Å². The van der Waals surface area contributed by atoms with E-state index in [1.54, 1.807) is 12.1 Å². The first-order valence-electron chi connectivity index (χ1n) is 10.2. The van der Waals surface area contributed by atoms with Gasteiger partial charge in [-0.3, -0.25) is 14.4 Å². The van der Waals surface area contributed by atoms with Crippen molar-refractivity contribution in [1.82, 2.24) is 9.97 Å². The summed E-state index contributed by atoms with van der Waals surface area (Å²) in [5.74, 6) is 0.120. The number of aryl methyl sites for hydroxylation is 1. The first-order valence-corrected chi connectivity index (χ1v) is 12.0. The summed E-state index contributed by atoms with van der Waals surface area (Å²) in [7, 11) is 0. The molecule has 7 nitrogen and oxygen atoms in total. The molecule has 2 amide bonds. The van der Waals surface area contributed by atoms with Crippen LogP contribution in [-0.4, -0.2) is 34.1 Å². The molecule has 0 bridgehead atoms. The third-order valence-corrected chi connectivity index (χ3v) is 7.39. The van der Waals surface area contributed by atoms with Crippen LogP contribution in [0.1, 0.15) is 30.7 Å². The van der Waals surface area contributed by atoms with Crippen molar-refractivity contribution in [2.24, 2.45) is 5.92 Å². The van der Waals surface area contributed by atoms with Crippen molar-refractivity contribution in [1.29, 1.82) is 0 Å². The number of anilines is 2. The van der Waals surface area contributed by atoms with Gasteiger partial charge in [-0.15, -0.1) is 11.3 Å². The quantitative estimate of drug-likeness (QED) is 0.432. The molecule has 1 aromatic carbocycles. The van der Waals surface area contributed by atoms with Crippen molar-refractivity contribution in [2.45, 2.75) is 38.8 Å². The van der Waals surface area contributed by atoms with E-state index in [1.807, 2.05) is 19.1 Å². The maximum atomic E-state index is 12.8. The molecule has 1 aliphatic rings. The van der Waals surface area contributed by atoms with E-state index in [9.17, 15) is 14.4 Å². The molecule has 0 spiro atoms. The molecule has 4 rings (SSSR count). The van der Waals surface area contributed by atoms with Crippen LogP contribution in [0.5, 0.6) is 0 Å². The molecular formula is C22H24N4O3S2. The second-order valence-corrected chi connectivity index (χ2v) is 9.91. The van der Waals surface area contributed by atoms with E-state index in [1.165, 1.54) is 28.0 Å². The van der Waals surface area contributed by atoms with E-state index in [4.69, 9.17) is 0 Å². The molecule has 1 atom stereocenters. The van der Waals surface area contributed by atoms with Crippen molar-refractivity contribution in [3.05, 3.63) is 45.1 Å². The Morgan fingerprint density at radius 1 is 1.32 bits per heavy atom. The molecule has 1 aliphatic heterocycles. The highest BCUT2D eigenvalue weighted by atomic mass is 32.2. The summed E-state index contributed by atoms with van der Waals surface area (Å²) in [6.07, 6.45) is 1.91. The summed E-state index contributed by atoms with van der Waals surface area (Å²) in [6.45, 7) is 6.33. The molecule has 0 saturated heterocycles. The smallest absolute Gasteiger partial charge is 0.260 e. The van der Waals surface area contributed by atoms with Gasteiger partial charge >= 0.3 is 0 Å². The van der Waals surface area contributed by atoms with Crippen molar-refractivity contribution in [3.8, 4) is 0 Å². The van der Waals surface area contributed by atoms with Gasteiger partial charge in [-0.05, 0) is 37.0 Å². The SMILES string of the molecule is CCC(C)Cc1c(C)sc2nc(SCC(=O)N3CC(=O)Nc4ccccc43)[nH]c(=O)c12. The summed E-state index contributed by atoms with van der Waals surface area (Å²) in [4.78, 5) is 48.3. The van der Waals surface area contributed by atoms with Crippen LogP contribution in [0.25, 0.3) is 10.2 Å². The topological polar surface area (TPSA) is 95.2 Å². The van der Waals surface area contributed by atoms with Crippen molar-refractivity contribution in [3.63, 3.8) is 0 Å². The number of thiophene rings is 1. The highest BCUT2D eigenvalue weighted by Gasteiger charge is 2.26. The highest BCUT2D eigenvalue weighted by Crippen LogP contribution is 2.32. The number of amides is 2. The lowest BCUT2D eigenvalue weighted by atomic mass is 9.98. The maximum absolute atomic E-state index is 12.8. The monoisotopic (exact) mass is 456 g/mol. The number of aromatic amines is 1. The molecule has 3 heterocycles. The fourth-order valence-electron chi connectivity index (χ4n) is 3.63. The molecule has 0 fully saturated rings. The summed E-state index contributed by atoms with van der Waals surface area (Å²) in [5, 5.41) is 3.85. The van der Waals surface area contributed by atoms with Gasteiger partial charge in [0.1, 0.15) is 11.4 Å². The van der Waals surface area contributed by atoms with Crippen LogP contribution in [0.2, 0.25) is 0 Å². The highest BCUT2D eigenvalue weighted by molar-refractivity contribution is 7.99. The minimum absolute atomic E-state index is 0.0253. The molecule has 0 saturated carbocycles. The molecule has 31 heavy (non-hydrogen) atoms. The zero-order valence-corrected chi connectivity index (χ0v) is 19.3. The van der Waals surface area contributed by atoms with Crippen LogP contribution in [0, 0.1) is 12.8 Å². The number of rotatable bonds is 6. The number of nitrogens with one attached hydrogen (secondary N) is 2. The van der Waals surface area contributed by atoms with Crippen LogP contribution in [0.15, 0.2) is 34.2 Å². The summed E-state index contributed by atoms with van der Waals surface area (Å²) < 4.78 is 0. The molecule has 0 aliphatic carbocycles. The van der Waals surface area contributed by atoms with Gasteiger partial charge in [-0.1, -0.05) is 44.2 Å². The first-order chi connectivity index (χ1) is 14.9. The standard InChI is InChI=1S/C22H24N4O3S2/c1-4-12(2)9-14-13(3)31-21-19(14)20(29)24-22(25-21)30-11-18(28)26-10-17(27)23-15-7-5-6-8-16(15)26/h5-8,12H,4,9-11H2,1-3H3,(H,23,27)(H,24,25,29). The van der Waals surface area contributed by atoms with Gasteiger partial charge in [0.25, 0.3) is 5.56 Å². The van der Waals surface area contributed by atoms with E-state index < -0.39 is 0 Å². The number of hydrogen-bond donors (Lipinski definition) is 2. The van der Waals surface area contributed by atoms with Crippen LogP contribution in [0.3, 0.4) is 0 Å². The molecule has 1 unspecified atom stereocenters. The van der Waals surface area contributed by atoms with E-state index in [-0.39, 0.29) is 29.7 Å². The average molecular weight is 457 g/mol. The van der Waals surface area contributed by atoms with Gasteiger partial charge in [0.05, 0.1) is 22.5 Å². The Bertz CT molecular complexity index is 1220. The van der Waals surface area contributed by atoms with E-state index >= 15 is 0 Å². The molecule has 0 radical (unpaired) electrons. The van der Waals surface area contributed by atoms with E-state index in [2.05, 4.69) is 29.1 Å². The van der Waals surface area contributed by atoms with Crippen molar-refractivity contribution in [2.75, 3.05) is 22.5 Å². The van der Waals surface area contributed by atoms with Gasteiger partial charge in [0.15, 0.2) is 5.16 Å². The lowest BCUT2D eigenvalue weighted by molar-refractivity contribution is -0.120. The number of nitrogens with zero attached hydrogens (tertiary/aromatic N) is 2. The third kappa shape index (κ3) is 4.38. The third-order valence-electron chi connectivity index (χ3n) is 5.49. The van der Waals surface area contributed by atoms with Crippen LogP contribution >= 0.6 is 23.1 Å². The predicted octanol–water partition coefficient (Wildman–Crippen LogP) is 3.96. The average Bonchev–Trinajstić information content (AvgIpc) is 3.06. The summed E-state index contributed by atoms with van der Waals surface area (Å²) in [5.41, 5.74) is 2.21. The Morgan fingerprint density at radius 3 is 2.87 bits per heavy atom. The molecular weight excluding hydrogens is 432 g/mol. The van der Waals surface area contributed by atoms with Gasteiger partial charge in [-0.2, -0.15) is 0 Å². The largest absolute Gasteiger partial charge is 0.323 e. The number of thioether (sulfide) groups is 1. The number of para-hydroxylation sites is 2. The first kappa shape index (κ1) is 21.6. The van der Waals surface area contributed by atoms with Crippen LogP contribution < -0.4 is 15.8 Å². The Kier molecular flexibility index (Phi) is 6.15. The normalized spacial score (nSPS) is 14.4. The number of hydrogen-bond acceptors (Lipinski definition) is 6. The number of benzene rings is 1. The second kappa shape index (κ2) is 8.84. The molecule has 2 N–H and O–H groups in total. The Balaban J connectivity index is 1.54. The predicted molar refractivity (Wildman–Crippen MR) is 126 cm³/mol. The van der Waals surface area contributed by atoms with Crippen molar-refractivity contribution < 1.29 is 9.59 Å². The summed E-state index contributed by atoms with van der Waals surface area (Å²) in [6, 6.07) is 7.21. The number of carbonyl (C=O) groups is 2. The zero-order chi connectivity index (χ0) is 22.1. The number of H-pyrrole nitrogens is 1. The van der Waals surface area contributed by atoms with Crippen LogP contribution in [-0.2, 0) is 16.0 Å². The fraction of sp³-hybridized carbons (Fsp3) is 0.364. The van der Waals surface area contributed by atoms with Gasteiger partial charge < -0.3 is 15.2 Å². The van der Waals surface area contributed by atoms with Gasteiger partial charge in [-0.25, -0.2) is 4.98 Å². The number of aromatic nitrogens is 2. The van der Waals surface area contributed by atoms with Crippen LogP contribution in [0.4, 0.5) is 11.4 Å². The fourth-order valence-corrected chi connectivity index (χ4v) is 5.47. The lowest BCUT2D eigenvalue weighted by Gasteiger charge is -2.28. The summed E-state index contributed by atoms with van der Waals surface area (Å²) >= 11 is 2.70. The Morgan fingerprint density at radius 2 is 2.10 bits per heavy atom. The molecule has 3 aromatic rings. The number of carbonyl (C=O) groups excluding carboxylic acids is 2. The van der Waals surface area contributed by atoms with E-state index in [0.29, 0.717) is 32.7 Å². The van der Waals surface area contributed by atoms with Gasteiger partial charge in [0.2, 0.25) is 11.8 Å². The zero-order valence-electron chi connectivity index (χ0n) is 17.7. The Labute approximate surface area is 188 Å². The second-order valence-electron chi connectivity index (χ2n) is 7.74. The maximum Gasteiger partial charge on any atom is 0.260 e. The lowest BCUT2D eigenvalue weighted by Crippen LogP contribution is -2.43. The van der Waals surface area contributed by atoms with Gasteiger partial charge in [0, 0.05) is 4.88 Å². The Hall–Kier alpha value is -2.65. The minimum Gasteiger partial charge on any atom is -0.323 e. The molecule has 9 heteroatoms. The van der Waals surface area contributed by atoms with Crippen molar-refractivity contribution >= 4 is 56.5 Å². The molecule has 162 valence electrons. The minimum atomic E-state index is -0.229. The molecule has 2 aromatic heterocycles.